The molecular weight excluding hydrogens is 200 g/mol. The van der Waals surface area contributed by atoms with Crippen molar-refractivity contribution in [3.05, 3.63) is 18.0 Å². The van der Waals surface area contributed by atoms with Crippen LogP contribution in [-0.2, 0) is 7.05 Å². The number of hydrogen-bond acceptors (Lipinski definition) is 3. The third-order valence-corrected chi connectivity index (χ3v) is 3.44. The highest BCUT2D eigenvalue weighted by atomic mass is 15.2. The van der Waals surface area contributed by atoms with E-state index in [4.69, 9.17) is 0 Å². The molecule has 2 rings (SSSR count). The quantitative estimate of drug-likeness (QED) is 0.811. The van der Waals surface area contributed by atoms with Gasteiger partial charge in [-0.25, -0.2) is 0 Å². The van der Waals surface area contributed by atoms with E-state index in [1.165, 1.54) is 24.8 Å². The molecule has 90 valence electrons. The third kappa shape index (κ3) is 2.62. The molecule has 0 bridgehead atoms. The Balaban J connectivity index is 1.93. The molecule has 0 aliphatic heterocycles. The SMILES string of the molecule is CN(C)C(CNC1CCC1)c1cnn(C)c1. The fourth-order valence-corrected chi connectivity index (χ4v) is 2.10. The van der Waals surface area contributed by atoms with Crippen molar-refractivity contribution in [3.8, 4) is 0 Å². The summed E-state index contributed by atoms with van der Waals surface area (Å²) in [5, 5.41) is 7.87. The zero-order valence-corrected chi connectivity index (χ0v) is 10.5. The van der Waals surface area contributed by atoms with Gasteiger partial charge in [0.1, 0.15) is 0 Å². The van der Waals surface area contributed by atoms with Gasteiger partial charge >= 0.3 is 0 Å². The Morgan fingerprint density at radius 1 is 1.56 bits per heavy atom. The molecule has 4 heteroatoms. The van der Waals surface area contributed by atoms with Crippen LogP contribution >= 0.6 is 0 Å². The zero-order valence-electron chi connectivity index (χ0n) is 10.5. The fourth-order valence-electron chi connectivity index (χ4n) is 2.10. The molecule has 1 atom stereocenters. The fraction of sp³-hybridized carbons (Fsp3) is 0.750. The standard InChI is InChI=1S/C12H22N4/c1-15(2)12(8-13-11-5-4-6-11)10-7-14-16(3)9-10/h7,9,11-13H,4-6,8H2,1-3H3. The van der Waals surface area contributed by atoms with Gasteiger partial charge in [-0.15, -0.1) is 0 Å². The first kappa shape index (κ1) is 11.6. The normalized spacial score (nSPS) is 18.8. The largest absolute Gasteiger partial charge is 0.312 e. The summed E-state index contributed by atoms with van der Waals surface area (Å²) >= 11 is 0. The highest BCUT2D eigenvalue weighted by molar-refractivity contribution is 5.11. The Labute approximate surface area is 97.6 Å². The molecule has 1 heterocycles. The second-order valence-corrected chi connectivity index (χ2v) is 4.96. The predicted octanol–water partition coefficient (Wildman–Crippen LogP) is 1.16. The molecule has 0 spiro atoms. The molecule has 1 N–H and O–H groups in total. The van der Waals surface area contributed by atoms with Crippen molar-refractivity contribution in [2.75, 3.05) is 20.6 Å². The molecule has 1 aromatic rings. The van der Waals surface area contributed by atoms with E-state index < -0.39 is 0 Å². The lowest BCUT2D eigenvalue weighted by atomic mass is 9.93. The molecule has 4 nitrogen and oxygen atoms in total. The summed E-state index contributed by atoms with van der Waals surface area (Å²) in [6.07, 6.45) is 8.14. The second kappa shape index (κ2) is 4.97. The van der Waals surface area contributed by atoms with Gasteiger partial charge in [-0.3, -0.25) is 4.68 Å². The first-order valence-corrected chi connectivity index (χ1v) is 6.05. The van der Waals surface area contributed by atoms with Gasteiger partial charge in [-0.2, -0.15) is 5.10 Å². The van der Waals surface area contributed by atoms with Crippen LogP contribution in [0.3, 0.4) is 0 Å². The van der Waals surface area contributed by atoms with E-state index in [2.05, 4.69) is 35.6 Å². The summed E-state index contributed by atoms with van der Waals surface area (Å²) in [6, 6.07) is 1.17. The van der Waals surface area contributed by atoms with E-state index in [1.807, 2.05) is 17.9 Å². The number of aromatic nitrogens is 2. The maximum Gasteiger partial charge on any atom is 0.0538 e. The molecule has 1 unspecified atom stereocenters. The second-order valence-electron chi connectivity index (χ2n) is 4.96. The third-order valence-electron chi connectivity index (χ3n) is 3.44. The minimum absolute atomic E-state index is 0.425. The summed E-state index contributed by atoms with van der Waals surface area (Å²) < 4.78 is 1.87. The van der Waals surface area contributed by atoms with Crippen LogP contribution in [0, 0.1) is 0 Å². The monoisotopic (exact) mass is 222 g/mol. The highest BCUT2D eigenvalue weighted by Crippen LogP contribution is 2.21. The van der Waals surface area contributed by atoms with Crippen LogP contribution in [0.1, 0.15) is 30.9 Å². The lowest BCUT2D eigenvalue weighted by Gasteiger charge is -2.31. The van der Waals surface area contributed by atoms with Gasteiger partial charge in [-0.05, 0) is 26.9 Å². The van der Waals surface area contributed by atoms with Crippen LogP contribution in [-0.4, -0.2) is 41.4 Å². The number of nitrogens with one attached hydrogen (secondary N) is 1. The average Bonchev–Trinajstić information content (AvgIpc) is 2.55. The van der Waals surface area contributed by atoms with Gasteiger partial charge in [0.05, 0.1) is 6.20 Å². The molecule has 16 heavy (non-hydrogen) atoms. The lowest BCUT2D eigenvalue weighted by molar-refractivity contribution is 0.253. The van der Waals surface area contributed by atoms with Crippen molar-refractivity contribution in [2.24, 2.45) is 7.05 Å². The molecule has 1 aliphatic carbocycles. The van der Waals surface area contributed by atoms with Crippen molar-refractivity contribution < 1.29 is 0 Å². The Morgan fingerprint density at radius 3 is 2.75 bits per heavy atom. The van der Waals surface area contributed by atoms with E-state index in [0.29, 0.717) is 6.04 Å². The van der Waals surface area contributed by atoms with Crippen molar-refractivity contribution in [1.82, 2.24) is 20.0 Å². The Morgan fingerprint density at radius 2 is 2.31 bits per heavy atom. The summed E-state index contributed by atoms with van der Waals surface area (Å²) in [5.74, 6) is 0. The summed E-state index contributed by atoms with van der Waals surface area (Å²) in [4.78, 5) is 2.25. The number of rotatable bonds is 5. The van der Waals surface area contributed by atoms with Crippen LogP contribution in [0.2, 0.25) is 0 Å². The summed E-state index contributed by atoms with van der Waals surface area (Å²) in [6.45, 7) is 1.02. The van der Waals surface area contributed by atoms with Crippen LogP contribution in [0.5, 0.6) is 0 Å². The maximum absolute atomic E-state index is 4.24. The number of aryl methyl sites for hydroxylation is 1. The highest BCUT2D eigenvalue weighted by Gasteiger charge is 2.21. The van der Waals surface area contributed by atoms with E-state index >= 15 is 0 Å². The van der Waals surface area contributed by atoms with E-state index in [0.717, 1.165) is 12.6 Å². The molecule has 1 aromatic heterocycles. The van der Waals surface area contributed by atoms with Crippen LogP contribution in [0.15, 0.2) is 12.4 Å². The molecule has 0 aromatic carbocycles. The maximum atomic E-state index is 4.24. The Hall–Kier alpha value is -0.870. The molecular formula is C12H22N4. The van der Waals surface area contributed by atoms with Gasteiger partial charge in [-0.1, -0.05) is 6.42 Å². The Kier molecular flexibility index (Phi) is 3.61. The van der Waals surface area contributed by atoms with Crippen molar-refractivity contribution >= 4 is 0 Å². The minimum Gasteiger partial charge on any atom is -0.312 e. The number of likely N-dealkylation sites (N-methyl/N-ethyl adjacent to an activating group) is 1. The smallest absolute Gasteiger partial charge is 0.0538 e. The van der Waals surface area contributed by atoms with Crippen molar-refractivity contribution in [3.63, 3.8) is 0 Å². The predicted molar refractivity (Wildman–Crippen MR) is 65.3 cm³/mol. The molecule has 0 saturated heterocycles. The first-order chi connectivity index (χ1) is 7.66. The molecule has 1 aliphatic rings. The zero-order chi connectivity index (χ0) is 11.5. The molecule has 0 radical (unpaired) electrons. The molecule has 1 saturated carbocycles. The minimum atomic E-state index is 0.425. The van der Waals surface area contributed by atoms with Crippen molar-refractivity contribution in [1.29, 1.82) is 0 Å². The van der Waals surface area contributed by atoms with Crippen molar-refractivity contribution in [2.45, 2.75) is 31.3 Å². The molecule has 1 fully saturated rings. The van der Waals surface area contributed by atoms with Gasteiger partial charge in [0, 0.05) is 37.4 Å². The number of hydrogen-bond donors (Lipinski definition) is 1. The van der Waals surface area contributed by atoms with Crippen LogP contribution in [0.4, 0.5) is 0 Å². The van der Waals surface area contributed by atoms with Crippen LogP contribution < -0.4 is 5.32 Å². The van der Waals surface area contributed by atoms with Gasteiger partial charge in [0.25, 0.3) is 0 Å². The molecule has 0 amide bonds. The van der Waals surface area contributed by atoms with Gasteiger partial charge in [0.15, 0.2) is 0 Å². The first-order valence-electron chi connectivity index (χ1n) is 6.05. The van der Waals surface area contributed by atoms with Crippen LogP contribution in [0.25, 0.3) is 0 Å². The van der Waals surface area contributed by atoms with Gasteiger partial charge < -0.3 is 10.2 Å². The topological polar surface area (TPSA) is 33.1 Å². The van der Waals surface area contributed by atoms with E-state index in [-0.39, 0.29) is 0 Å². The lowest BCUT2D eigenvalue weighted by Crippen LogP contribution is -2.40. The van der Waals surface area contributed by atoms with E-state index in [9.17, 15) is 0 Å². The number of nitrogens with zero attached hydrogens (tertiary/aromatic N) is 3. The summed E-state index contributed by atoms with van der Waals surface area (Å²) in [7, 11) is 6.22. The Bertz CT molecular complexity index is 328. The average molecular weight is 222 g/mol. The summed E-state index contributed by atoms with van der Waals surface area (Å²) in [5.41, 5.74) is 1.29. The van der Waals surface area contributed by atoms with Gasteiger partial charge in [0.2, 0.25) is 0 Å². The van der Waals surface area contributed by atoms with E-state index in [1.54, 1.807) is 0 Å².